The molecule has 1 heterocycles. The van der Waals surface area contributed by atoms with Crippen molar-refractivity contribution >= 4 is 27.8 Å². The molecule has 4 nitrogen and oxygen atoms in total. The molecule has 2 rings (SSSR count). The number of likely N-dealkylation sites (tertiary alicyclic amines) is 1. The van der Waals surface area contributed by atoms with E-state index >= 15 is 0 Å². The number of halogens is 3. The zero-order chi connectivity index (χ0) is 15.6. The molecule has 1 unspecified atom stereocenters. The molecule has 21 heavy (non-hydrogen) atoms. The largest absolute Gasteiger partial charge is 0.480 e. The first-order valence-corrected chi connectivity index (χ1v) is 7.39. The number of rotatable bonds is 2. The van der Waals surface area contributed by atoms with Crippen molar-refractivity contribution in [3.63, 3.8) is 0 Å². The molecule has 0 radical (unpaired) electrons. The third-order valence-corrected chi connectivity index (χ3v) is 3.98. The number of benzene rings is 1. The number of hydrogen-bond donors (Lipinski definition) is 1. The van der Waals surface area contributed by atoms with Gasteiger partial charge in [-0.05, 0) is 25.0 Å². The van der Waals surface area contributed by atoms with Gasteiger partial charge in [0.25, 0.3) is 5.91 Å². The second kappa shape index (κ2) is 6.51. The Kier molecular flexibility index (Phi) is 4.92. The molecule has 1 fully saturated rings. The molecule has 0 saturated carbocycles. The van der Waals surface area contributed by atoms with E-state index in [0.717, 1.165) is 23.5 Å². The number of hydrogen-bond acceptors (Lipinski definition) is 2. The molecule has 1 N–H and O–H groups in total. The third-order valence-electron chi connectivity index (χ3n) is 3.52. The fourth-order valence-electron chi connectivity index (χ4n) is 2.50. The molecular formula is C14H14BrF2NO3. The van der Waals surface area contributed by atoms with Gasteiger partial charge in [0.1, 0.15) is 23.2 Å². The number of carboxylic acids is 1. The Balaban J connectivity index is 2.39. The number of nitrogens with zero attached hydrogens (tertiary/aromatic N) is 1. The van der Waals surface area contributed by atoms with Crippen LogP contribution >= 0.6 is 15.9 Å². The molecule has 1 amide bonds. The van der Waals surface area contributed by atoms with Gasteiger partial charge in [-0.25, -0.2) is 13.6 Å². The van der Waals surface area contributed by atoms with Crippen molar-refractivity contribution < 1.29 is 23.5 Å². The first-order chi connectivity index (χ1) is 9.91. The third kappa shape index (κ3) is 3.40. The molecule has 1 aliphatic heterocycles. The van der Waals surface area contributed by atoms with Gasteiger partial charge in [0.2, 0.25) is 0 Å². The Morgan fingerprint density at radius 1 is 1.19 bits per heavy atom. The summed E-state index contributed by atoms with van der Waals surface area (Å²) in [6.07, 6.45) is 2.38. The number of amides is 1. The van der Waals surface area contributed by atoms with Crippen LogP contribution in [0, 0.1) is 11.6 Å². The molecule has 1 aliphatic rings. The van der Waals surface area contributed by atoms with Crippen molar-refractivity contribution in [1.29, 1.82) is 0 Å². The highest BCUT2D eigenvalue weighted by molar-refractivity contribution is 9.10. The van der Waals surface area contributed by atoms with Crippen LogP contribution in [0.5, 0.6) is 0 Å². The van der Waals surface area contributed by atoms with Crippen molar-refractivity contribution in [2.75, 3.05) is 6.54 Å². The predicted molar refractivity (Wildman–Crippen MR) is 75.0 cm³/mol. The lowest BCUT2D eigenvalue weighted by atomic mass is 10.1. The van der Waals surface area contributed by atoms with E-state index in [1.54, 1.807) is 0 Å². The zero-order valence-electron chi connectivity index (χ0n) is 11.1. The van der Waals surface area contributed by atoms with Crippen molar-refractivity contribution in [1.82, 2.24) is 4.90 Å². The molecule has 0 aliphatic carbocycles. The number of carboxylic acid groups (broad SMARTS) is 1. The quantitative estimate of drug-likeness (QED) is 0.879. The second-order valence-electron chi connectivity index (χ2n) is 4.95. The summed E-state index contributed by atoms with van der Waals surface area (Å²) in [6.45, 7) is 0.185. The zero-order valence-corrected chi connectivity index (χ0v) is 12.7. The van der Waals surface area contributed by atoms with Crippen molar-refractivity contribution in [3.05, 3.63) is 33.8 Å². The van der Waals surface area contributed by atoms with Gasteiger partial charge in [-0.3, -0.25) is 4.79 Å². The number of carbonyl (C=O) groups excluding carboxylic acids is 1. The highest BCUT2D eigenvalue weighted by Crippen LogP contribution is 2.24. The first kappa shape index (κ1) is 15.9. The summed E-state index contributed by atoms with van der Waals surface area (Å²) in [5.41, 5.74) is -0.702. The van der Waals surface area contributed by atoms with E-state index in [0.29, 0.717) is 19.3 Å². The molecule has 1 aromatic carbocycles. The van der Waals surface area contributed by atoms with Gasteiger partial charge >= 0.3 is 5.97 Å². The van der Waals surface area contributed by atoms with Crippen LogP contribution in [-0.2, 0) is 4.79 Å². The van der Waals surface area contributed by atoms with Gasteiger partial charge < -0.3 is 10.0 Å². The maximum atomic E-state index is 13.9. The van der Waals surface area contributed by atoms with E-state index in [4.69, 9.17) is 0 Å². The minimum Gasteiger partial charge on any atom is -0.480 e. The number of aliphatic carboxylic acids is 1. The molecule has 114 valence electrons. The van der Waals surface area contributed by atoms with E-state index in [-0.39, 0.29) is 11.0 Å². The van der Waals surface area contributed by atoms with Gasteiger partial charge in [0.05, 0.1) is 0 Å². The Morgan fingerprint density at radius 2 is 1.81 bits per heavy atom. The molecule has 7 heteroatoms. The summed E-state index contributed by atoms with van der Waals surface area (Å²) in [5.74, 6) is -4.06. The first-order valence-electron chi connectivity index (χ1n) is 6.60. The monoisotopic (exact) mass is 361 g/mol. The molecular weight excluding hydrogens is 348 g/mol. The Hall–Kier alpha value is -1.50. The summed E-state index contributed by atoms with van der Waals surface area (Å²) >= 11 is 2.94. The fraction of sp³-hybridized carbons (Fsp3) is 0.429. The van der Waals surface area contributed by atoms with E-state index in [1.165, 1.54) is 0 Å². The maximum Gasteiger partial charge on any atom is 0.326 e. The average Bonchev–Trinajstić information content (AvgIpc) is 2.62. The Labute approximate surface area is 128 Å². The van der Waals surface area contributed by atoms with E-state index in [9.17, 15) is 23.5 Å². The van der Waals surface area contributed by atoms with Crippen LogP contribution in [0.1, 0.15) is 36.0 Å². The summed E-state index contributed by atoms with van der Waals surface area (Å²) in [7, 11) is 0. The summed E-state index contributed by atoms with van der Waals surface area (Å²) in [4.78, 5) is 24.7. The average molecular weight is 362 g/mol. The van der Waals surface area contributed by atoms with E-state index in [1.807, 2.05) is 0 Å². The van der Waals surface area contributed by atoms with Crippen LogP contribution in [0.3, 0.4) is 0 Å². The lowest BCUT2D eigenvalue weighted by Gasteiger charge is -2.27. The molecule has 0 spiro atoms. The van der Waals surface area contributed by atoms with Crippen molar-refractivity contribution in [2.24, 2.45) is 0 Å². The van der Waals surface area contributed by atoms with Crippen LogP contribution < -0.4 is 0 Å². The van der Waals surface area contributed by atoms with Gasteiger partial charge in [-0.15, -0.1) is 0 Å². The highest BCUT2D eigenvalue weighted by atomic mass is 79.9. The van der Waals surface area contributed by atoms with Crippen LogP contribution in [0.15, 0.2) is 16.6 Å². The van der Waals surface area contributed by atoms with Gasteiger partial charge in [-0.2, -0.15) is 0 Å². The van der Waals surface area contributed by atoms with Crippen LogP contribution in [0.4, 0.5) is 8.78 Å². The molecule has 1 aromatic rings. The highest BCUT2D eigenvalue weighted by Gasteiger charge is 2.33. The predicted octanol–water partition coefficient (Wildman–Crippen LogP) is 3.20. The normalized spacial score (nSPS) is 19.2. The van der Waals surface area contributed by atoms with Gasteiger partial charge in [0.15, 0.2) is 0 Å². The Morgan fingerprint density at radius 3 is 2.38 bits per heavy atom. The maximum absolute atomic E-state index is 13.9. The van der Waals surface area contributed by atoms with Gasteiger partial charge in [-0.1, -0.05) is 28.8 Å². The van der Waals surface area contributed by atoms with E-state index < -0.39 is 35.1 Å². The minimum atomic E-state index is -1.15. The lowest BCUT2D eigenvalue weighted by Crippen LogP contribution is -2.45. The smallest absolute Gasteiger partial charge is 0.326 e. The van der Waals surface area contributed by atoms with Crippen LogP contribution in [0.25, 0.3) is 0 Å². The molecule has 1 atom stereocenters. The van der Waals surface area contributed by atoms with Crippen LogP contribution in [-0.4, -0.2) is 34.5 Å². The Bertz CT molecular complexity index is 556. The van der Waals surface area contributed by atoms with Crippen molar-refractivity contribution in [3.8, 4) is 0 Å². The number of carbonyl (C=O) groups is 2. The van der Waals surface area contributed by atoms with Gasteiger partial charge in [0, 0.05) is 11.0 Å². The summed E-state index contributed by atoms with van der Waals surface area (Å²) in [6, 6.07) is 0.941. The molecule has 1 saturated heterocycles. The van der Waals surface area contributed by atoms with Crippen molar-refractivity contribution in [2.45, 2.75) is 31.7 Å². The van der Waals surface area contributed by atoms with Crippen LogP contribution in [0.2, 0.25) is 0 Å². The second-order valence-corrected chi connectivity index (χ2v) is 5.86. The summed E-state index contributed by atoms with van der Waals surface area (Å²) < 4.78 is 27.9. The molecule has 0 bridgehead atoms. The standard InChI is InChI=1S/C14H14BrF2NO3/c15-8-6-9(16)12(10(17)7-8)13(19)18-5-3-1-2-4-11(18)14(20)21/h6-7,11H,1-5H2,(H,20,21). The summed E-state index contributed by atoms with van der Waals surface area (Å²) in [5, 5.41) is 9.22. The topological polar surface area (TPSA) is 57.6 Å². The molecule has 0 aromatic heterocycles. The SMILES string of the molecule is O=C(O)C1CCCCCN1C(=O)c1c(F)cc(Br)cc1F. The minimum absolute atomic E-state index is 0.180. The lowest BCUT2D eigenvalue weighted by molar-refractivity contribution is -0.142. The fourth-order valence-corrected chi connectivity index (χ4v) is 2.90. The van der Waals surface area contributed by atoms with E-state index in [2.05, 4.69) is 15.9 Å².